The molecule has 3 aromatic rings. The van der Waals surface area contributed by atoms with Gasteiger partial charge in [-0.3, -0.25) is 14.5 Å². The van der Waals surface area contributed by atoms with Gasteiger partial charge in [-0.05, 0) is 30.5 Å². The molecule has 32 heavy (non-hydrogen) atoms. The summed E-state index contributed by atoms with van der Waals surface area (Å²) >= 11 is 0. The number of aliphatic hydroxyl groups is 1. The van der Waals surface area contributed by atoms with Crippen LogP contribution in [-0.4, -0.2) is 64.1 Å². The number of piperazine rings is 1. The van der Waals surface area contributed by atoms with E-state index in [2.05, 4.69) is 65.4 Å². The first-order chi connectivity index (χ1) is 15.6. The van der Waals surface area contributed by atoms with Crippen LogP contribution in [0.4, 0.5) is 0 Å². The molecule has 0 aliphatic carbocycles. The third-order valence-electron chi connectivity index (χ3n) is 6.34. The number of aryl methyl sites for hydroxylation is 2. The minimum atomic E-state index is 0.207. The van der Waals surface area contributed by atoms with E-state index in [1.165, 1.54) is 11.1 Å². The predicted octanol–water partition coefficient (Wildman–Crippen LogP) is 3.47. The molecule has 2 aromatic carbocycles. The summed E-state index contributed by atoms with van der Waals surface area (Å²) < 4.78 is 7.31. The number of methoxy groups -OCH3 is 1. The van der Waals surface area contributed by atoms with Gasteiger partial charge in [-0.2, -0.15) is 5.10 Å². The summed E-state index contributed by atoms with van der Waals surface area (Å²) in [6.07, 6.45) is 2.92. The first-order valence-electron chi connectivity index (χ1n) is 11.4. The number of nitrogens with zero attached hydrogens (tertiary/aromatic N) is 4. The maximum Gasteiger partial charge on any atom is 0.121 e. The van der Waals surface area contributed by atoms with Crippen LogP contribution in [-0.2, 0) is 20.1 Å². The Morgan fingerprint density at radius 3 is 2.62 bits per heavy atom. The molecule has 0 radical (unpaired) electrons. The number of hydrogen-bond acceptors (Lipinski definition) is 5. The van der Waals surface area contributed by atoms with Crippen LogP contribution in [0.2, 0.25) is 0 Å². The zero-order chi connectivity index (χ0) is 22.5. The Morgan fingerprint density at radius 2 is 1.91 bits per heavy atom. The Kier molecular flexibility index (Phi) is 7.25. The van der Waals surface area contributed by atoms with Crippen molar-refractivity contribution in [2.24, 2.45) is 7.05 Å². The average Bonchev–Trinajstić information content (AvgIpc) is 3.16. The van der Waals surface area contributed by atoms with E-state index in [1.54, 1.807) is 7.11 Å². The van der Waals surface area contributed by atoms with Crippen molar-refractivity contribution in [3.8, 4) is 17.0 Å². The summed E-state index contributed by atoms with van der Waals surface area (Å²) in [5.74, 6) is 0.927. The van der Waals surface area contributed by atoms with E-state index >= 15 is 0 Å². The van der Waals surface area contributed by atoms with Gasteiger partial charge in [-0.25, -0.2) is 0 Å². The molecular formula is C26H34N4O2. The van der Waals surface area contributed by atoms with Crippen molar-refractivity contribution in [3.05, 3.63) is 71.4 Å². The van der Waals surface area contributed by atoms with Gasteiger partial charge < -0.3 is 9.84 Å². The maximum atomic E-state index is 9.71. The number of hydrogen-bond donors (Lipinski definition) is 1. The van der Waals surface area contributed by atoms with Crippen LogP contribution in [0.1, 0.15) is 23.1 Å². The molecule has 1 N–H and O–H groups in total. The molecule has 1 saturated heterocycles. The zero-order valence-corrected chi connectivity index (χ0v) is 19.4. The summed E-state index contributed by atoms with van der Waals surface area (Å²) in [7, 11) is 3.70. The highest BCUT2D eigenvalue weighted by Gasteiger charge is 2.27. The van der Waals surface area contributed by atoms with Crippen molar-refractivity contribution >= 4 is 0 Å². The van der Waals surface area contributed by atoms with Crippen molar-refractivity contribution in [2.45, 2.75) is 32.5 Å². The summed E-state index contributed by atoms with van der Waals surface area (Å²) in [5.41, 5.74) is 5.91. The van der Waals surface area contributed by atoms with Crippen LogP contribution >= 0.6 is 0 Å². The molecule has 0 unspecified atom stereocenters. The highest BCUT2D eigenvalue weighted by Crippen LogP contribution is 2.26. The Bertz CT molecular complexity index is 1020. The molecule has 4 rings (SSSR count). The third-order valence-corrected chi connectivity index (χ3v) is 6.34. The van der Waals surface area contributed by atoms with Gasteiger partial charge in [0.1, 0.15) is 5.75 Å². The highest BCUT2D eigenvalue weighted by molar-refractivity contribution is 5.62. The Labute approximate surface area is 191 Å². The molecular weight excluding hydrogens is 400 g/mol. The van der Waals surface area contributed by atoms with Gasteiger partial charge in [0.2, 0.25) is 0 Å². The minimum absolute atomic E-state index is 0.207. The molecule has 2 heterocycles. The molecule has 1 atom stereocenters. The summed E-state index contributed by atoms with van der Waals surface area (Å²) in [6.45, 7) is 6.99. The maximum absolute atomic E-state index is 9.71. The summed E-state index contributed by atoms with van der Waals surface area (Å²) in [5, 5.41) is 14.4. The fourth-order valence-corrected chi connectivity index (χ4v) is 4.74. The Hall–Kier alpha value is -2.67. The standard InChI is InChI=1S/C26H34N4O2/c1-20-15-21(9-10-25(20)32-3)16-30-13-12-29(19-24(30)11-14-31)18-23-17-28(2)27-26(23)22-7-5-4-6-8-22/h4-10,15,17,24,31H,11-14,16,18-19H2,1-3H3/t24-/m0/s1. The second-order valence-electron chi connectivity index (χ2n) is 8.72. The van der Waals surface area contributed by atoms with Crippen molar-refractivity contribution in [2.75, 3.05) is 33.4 Å². The van der Waals surface area contributed by atoms with Crippen molar-refractivity contribution < 1.29 is 9.84 Å². The molecule has 0 amide bonds. The lowest BCUT2D eigenvalue weighted by Crippen LogP contribution is -2.52. The molecule has 0 spiro atoms. The summed E-state index contributed by atoms with van der Waals surface area (Å²) in [4.78, 5) is 5.01. The quantitative estimate of drug-likeness (QED) is 0.588. The van der Waals surface area contributed by atoms with Gasteiger partial charge >= 0.3 is 0 Å². The van der Waals surface area contributed by atoms with Crippen LogP contribution in [0.5, 0.6) is 5.75 Å². The summed E-state index contributed by atoms with van der Waals surface area (Å²) in [6, 6.07) is 17.1. The largest absolute Gasteiger partial charge is 0.496 e. The molecule has 170 valence electrons. The third kappa shape index (κ3) is 5.21. The molecule has 0 bridgehead atoms. The van der Waals surface area contributed by atoms with Crippen LogP contribution in [0.25, 0.3) is 11.3 Å². The number of aliphatic hydroxyl groups excluding tert-OH is 1. The molecule has 1 aromatic heterocycles. The van der Waals surface area contributed by atoms with E-state index in [0.717, 1.165) is 61.7 Å². The number of rotatable bonds is 8. The normalized spacial score (nSPS) is 17.6. The van der Waals surface area contributed by atoms with Crippen LogP contribution in [0, 0.1) is 6.92 Å². The van der Waals surface area contributed by atoms with Crippen LogP contribution in [0.15, 0.2) is 54.7 Å². The van der Waals surface area contributed by atoms with Gasteiger partial charge in [0.15, 0.2) is 0 Å². The topological polar surface area (TPSA) is 53.8 Å². The predicted molar refractivity (Wildman–Crippen MR) is 128 cm³/mol. The van der Waals surface area contributed by atoms with Crippen molar-refractivity contribution in [1.82, 2.24) is 19.6 Å². The average molecular weight is 435 g/mol. The Morgan fingerprint density at radius 1 is 1.09 bits per heavy atom. The first kappa shape index (κ1) is 22.5. The van der Waals surface area contributed by atoms with E-state index in [9.17, 15) is 5.11 Å². The second kappa shape index (κ2) is 10.3. The van der Waals surface area contributed by atoms with Gasteiger partial charge in [0.25, 0.3) is 0 Å². The molecule has 0 saturated carbocycles. The SMILES string of the molecule is COc1ccc(CN2CCN(Cc3cn(C)nc3-c3ccccc3)C[C@@H]2CCO)cc1C. The van der Waals surface area contributed by atoms with E-state index in [4.69, 9.17) is 9.84 Å². The molecule has 6 heteroatoms. The lowest BCUT2D eigenvalue weighted by Gasteiger charge is -2.41. The number of benzene rings is 2. The second-order valence-corrected chi connectivity index (χ2v) is 8.72. The van der Waals surface area contributed by atoms with Gasteiger partial charge in [-0.1, -0.05) is 42.5 Å². The number of ether oxygens (including phenoxy) is 1. The van der Waals surface area contributed by atoms with Gasteiger partial charge in [-0.15, -0.1) is 0 Å². The molecule has 1 fully saturated rings. The van der Waals surface area contributed by atoms with Crippen molar-refractivity contribution in [1.29, 1.82) is 0 Å². The van der Waals surface area contributed by atoms with Crippen molar-refractivity contribution in [3.63, 3.8) is 0 Å². The minimum Gasteiger partial charge on any atom is -0.496 e. The zero-order valence-electron chi connectivity index (χ0n) is 19.4. The Balaban J connectivity index is 1.45. The molecule has 1 aliphatic rings. The highest BCUT2D eigenvalue weighted by atomic mass is 16.5. The van der Waals surface area contributed by atoms with E-state index < -0.39 is 0 Å². The lowest BCUT2D eigenvalue weighted by atomic mass is 10.0. The molecule has 1 aliphatic heterocycles. The fraction of sp³-hybridized carbons (Fsp3) is 0.423. The number of aromatic nitrogens is 2. The smallest absolute Gasteiger partial charge is 0.121 e. The van der Waals surface area contributed by atoms with Gasteiger partial charge in [0, 0.05) is 69.7 Å². The van der Waals surface area contributed by atoms with Crippen LogP contribution < -0.4 is 4.74 Å². The van der Waals surface area contributed by atoms with E-state index in [0.29, 0.717) is 6.04 Å². The van der Waals surface area contributed by atoms with E-state index in [-0.39, 0.29) is 6.61 Å². The van der Waals surface area contributed by atoms with Gasteiger partial charge in [0.05, 0.1) is 12.8 Å². The molecule has 6 nitrogen and oxygen atoms in total. The first-order valence-corrected chi connectivity index (χ1v) is 11.4. The fourth-order valence-electron chi connectivity index (χ4n) is 4.74. The van der Waals surface area contributed by atoms with E-state index in [1.807, 2.05) is 17.8 Å². The lowest BCUT2D eigenvalue weighted by molar-refractivity contribution is 0.0500. The van der Waals surface area contributed by atoms with Crippen LogP contribution in [0.3, 0.4) is 0 Å². The monoisotopic (exact) mass is 434 g/mol.